The first-order valence-electron chi connectivity index (χ1n) is 7.29. The lowest BCUT2D eigenvalue weighted by Gasteiger charge is -2.25. The highest BCUT2D eigenvalue weighted by molar-refractivity contribution is 5.95. The monoisotopic (exact) mass is 298 g/mol. The highest BCUT2D eigenvalue weighted by Gasteiger charge is 2.32. The fourth-order valence-corrected chi connectivity index (χ4v) is 2.90. The third-order valence-electron chi connectivity index (χ3n) is 3.98. The van der Waals surface area contributed by atoms with Crippen molar-refractivity contribution in [3.8, 4) is 11.5 Å². The minimum Gasteiger partial charge on any atom is -0.505 e. The molecule has 2 aromatic rings. The van der Waals surface area contributed by atoms with Crippen LogP contribution in [0.5, 0.6) is 11.5 Å². The van der Waals surface area contributed by atoms with Crippen LogP contribution in [0.25, 0.3) is 0 Å². The Morgan fingerprint density at radius 2 is 2.23 bits per heavy atom. The Morgan fingerprint density at radius 3 is 3.00 bits per heavy atom. The van der Waals surface area contributed by atoms with Crippen molar-refractivity contribution in [2.24, 2.45) is 0 Å². The summed E-state index contributed by atoms with van der Waals surface area (Å²) in [5.74, 6) is 0.463. The maximum absolute atomic E-state index is 12.7. The Balaban J connectivity index is 1.90. The van der Waals surface area contributed by atoms with Crippen LogP contribution in [-0.4, -0.2) is 34.6 Å². The molecule has 1 aliphatic heterocycles. The molecule has 1 amide bonds. The Hall–Kier alpha value is -2.56. The highest BCUT2D eigenvalue weighted by Crippen LogP contribution is 2.35. The van der Waals surface area contributed by atoms with Gasteiger partial charge in [-0.15, -0.1) is 0 Å². The van der Waals surface area contributed by atoms with Gasteiger partial charge in [-0.2, -0.15) is 0 Å². The molecule has 5 heteroatoms. The highest BCUT2D eigenvalue weighted by atomic mass is 16.5. The van der Waals surface area contributed by atoms with E-state index in [1.54, 1.807) is 18.1 Å². The Bertz CT molecular complexity index is 687. The molecule has 1 atom stereocenters. The third-order valence-corrected chi connectivity index (χ3v) is 3.98. The number of aromatic nitrogens is 1. The van der Waals surface area contributed by atoms with Gasteiger partial charge in [0.25, 0.3) is 5.91 Å². The first kappa shape index (κ1) is 14.4. The Morgan fingerprint density at radius 1 is 1.36 bits per heavy atom. The van der Waals surface area contributed by atoms with Crippen LogP contribution in [0, 0.1) is 0 Å². The first-order chi connectivity index (χ1) is 10.7. The van der Waals surface area contributed by atoms with Crippen molar-refractivity contribution < 1.29 is 14.6 Å². The number of hydrogen-bond donors (Lipinski definition) is 1. The molecule has 0 radical (unpaired) electrons. The zero-order valence-corrected chi connectivity index (χ0v) is 12.4. The van der Waals surface area contributed by atoms with E-state index in [-0.39, 0.29) is 23.4 Å². The van der Waals surface area contributed by atoms with Crippen molar-refractivity contribution in [1.82, 2.24) is 9.88 Å². The fourth-order valence-electron chi connectivity index (χ4n) is 2.90. The average Bonchev–Trinajstić information content (AvgIpc) is 3.04. The zero-order valence-electron chi connectivity index (χ0n) is 12.4. The number of rotatable bonds is 3. The molecular weight excluding hydrogens is 280 g/mol. The molecule has 0 bridgehead atoms. The lowest BCUT2D eigenvalue weighted by Crippen LogP contribution is -2.31. The molecule has 0 unspecified atom stereocenters. The predicted octanol–water partition coefficient (Wildman–Crippen LogP) is 2.77. The number of ether oxygens (including phenoxy) is 1. The standard InChI is InChI=1S/C17H18N2O3/c1-22-13-6-2-5-12(11-13)14-7-4-10-19(14)17(21)16-15(20)8-3-9-18-16/h2-3,5-6,8-9,11,14,20H,4,7,10H2,1H3/t14-/m0/s1. The predicted molar refractivity (Wildman–Crippen MR) is 81.9 cm³/mol. The summed E-state index contributed by atoms with van der Waals surface area (Å²) < 4.78 is 5.26. The van der Waals surface area contributed by atoms with Crippen LogP contribution in [-0.2, 0) is 0 Å². The summed E-state index contributed by atoms with van der Waals surface area (Å²) in [5.41, 5.74) is 1.15. The van der Waals surface area contributed by atoms with E-state index in [4.69, 9.17) is 4.74 Å². The Kier molecular flexibility index (Phi) is 3.96. The van der Waals surface area contributed by atoms with Gasteiger partial charge in [-0.3, -0.25) is 4.79 Å². The molecule has 114 valence electrons. The number of carbonyl (C=O) groups excluding carboxylic acids is 1. The number of carbonyl (C=O) groups is 1. The van der Waals surface area contributed by atoms with Crippen LogP contribution in [0.15, 0.2) is 42.6 Å². The molecule has 3 rings (SSSR count). The van der Waals surface area contributed by atoms with Crippen LogP contribution in [0.1, 0.15) is 34.9 Å². The molecule has 1 aromatic carbocycles. The number of aromatic hydroxyl groups is 1. The summed E-state index contributed by atoms with van der Waals surface area (Å²) in [4.78, 5) is 18.5. The van der Waals surface area contributed by atoms with Crippen LogP contribution < -0.4 is 4.74 Å². The normalized spacial score (nSPS) is 17.5. The quantitative estimate of drug-likeness (QED) is 0.946. The number of amides is 1. The Labute approximate surface area is 129 Å². The van der Waals surface area contributed by atoms with Crippen LogP contribution in [0.3, 0.4) is 0 Å². The van der Waals surface area contributed by atoms with Gasteiger partial charge in [-0.05, 0) is 42.7 Å². The van der Waals surface area contributed by atoms with Crippen molar-refractivity contribution in [2.45, 2.75) is 18.9 Å². The second kappa shape index (κ2) is 6.05. The van der Waals surface area contributed by atoms with Crippen molar-refractivity contribution >= 4 is 5.91 Å². The number of pyridine rings is 1. The summed E-state index contributed by atoms with van der Waals surface area (Å²) in [5, 5.41) is 9.85. The summed E-state index contributed by atoms with van der Waals surface area (Å²) in [6.07, 6.45) is 3.34. The molecule has 0 spiro atoms. The largest absolute Gasteiger partial charge is 0.505 e. The zero-order chi connectivity index (χ0) is 15.5. The molecule has 2 heterocycles. The molecular formula is C17H18N2O3. The minimum absolute atomic E-state index is 0.0102. The summed E-state index contributed by atoms with van der Waals surface area (Å²) in [6, 6.07) is 10.8. The maximum atomic E-state index is 12.7. The molecule has 0 aliphatic carbocycles. The van der Waals surface area contributed by atoms with E-state index >= 15 is 0 Å². The second-order valence-electron chi connectivity index (χ2n) is 5.30. The third kappa shape index (κ3) is 2.62. The van der Waals surface area contributed by atoms with Crippen molar-refractivity contribution in [2.75, 3.05) is 13.7 Å². The van der Waals surface area contributed by atoms with E-state index in [2.05, 4.69) is 4.98 Å². The fraction of sp³-hybridized carbons (Fsp3) is 0.294. The molecule has 1 fully saturated rings. The van der Waals surface area contributed by atoms with E-state index in [0.717, 1.165) is 24.2 Å². The SMILES string of the molecule is COc1cccc([C@@H]2CCCN2C(=O)c2ncccc2O)c1. The van der Waals surface area contributed by atoms with Crippen molar-refractivity contribution in [3.05, 3.63) is 53.9 Å². The molecule has 1 aromatic heterocycles. The van der Waals surface area contributed by atoms with E-state index in [1.807, 2.05) is 24.3 Å². The number of nitrogens with zero attached hydrogens (tertiary/aromatic N) is 2. The first-order valence-corrected chi connectivity index (χ1v) is 7.29. The van der Waals surface area contributed by atoms with Gasteiger partial charge in [-0.25, -0.2) is 4.98 Å². The summed E-state index contributed by atoms with van der Waals surface area (Å²) >= 11 is 0. The molecule has 1 saturated heterocycles. The maximum Gasteiger partial charge on any atom is 0.276 e. The molecule has 1 aliphatic rings. The van der Waals surface area contributed by atoms with Crippen molar-refractivity contribution in [3.63, 3.8) is 0 Å². The van der Waals surface area contributed by atoms with E-state index in [0.29, 0.717) is 6.54 Å². The van der Waals surface area contributed by atoms with E-state index < -0.39 is 0 Å². The van der Waals surface area contributed by atoms with E-state index in [9.17, 15) is 9.90 Å². The minimum atomic E-state index is -0.233. The number of hydrogen-bond acceptors (Lipinski definition) is 4. The van der Waals surface area contributed by atoms with Gasteiger partial charge in [-0.1, -0.05) is 12.1 Å². The van der Waals surface area contributed by atoms with Gasteiger partial charge < -0.3 is 14.7 Å². The van der Waals surface area contributed by atoms with Crippen LogP contribution in [0.4, 0.5) is 0 Å². The lowest BCUT2D eigenvalue weighted by atomic mass is 10.0. The number of benzene rings is 1. The van der Waals surface area contributed by atoms with Gasteiger partial charge >= 0.3 is 0 Å². The van der Waals surface area contributed by atoms with E-state index in [1.165, 1.54) is 12.3 Å². The van der Waals surface area contributed by atoms with Gasteiger partial charge in [0.1, 0.15) is 11.5 Å². The molecule has 0 saturated carbocycles. The molecule has 22 heavy (non-hydrogen) atoms. The van der Waals surface area contributed by atoms with Gasteiger partial charge in [0.05, 0.1) is 13.2 Å². The van der Waals surface area contributed by atoms with Crippen LogP contribution in [0.2, 0.25) is 0 Å². The van der Waals surface area contributed by atoms with Gasteiger partial charge in [0.15, 0.2) is 5.69 Å². The van der Waals surface area contributed by atoms with Gasteiger partial charge in [0, 0.05) is 12.7 Å². The topological polar surface area (TPSA) is 62.7 Å². The summed E-state index contributed by atoms with van der Waals surface area (Å²) in [7, 11) is 1.63. The average molecular weight is 298 g/mol. The number of methoxy groups -OCH3 is 1. The molecule has 5 nitrogen and oxygen atoms in total. The smallest absolute Gasteiger partial charge is 0.276 e. The molecule has 1 N–H and O–H groups in total. The lowest BCUT2D eigenvalue weighted by molar-refractivity contribution is 0.0726. The second-order valence-corrected chi connectivity index (χ2v) is 5.30. The van der Waals surface area contributed by atoms with Gasteiger partial charge in [0.2, 0.25) is 0 Å². The number of likely N-dealkylation sites (tertiary alicyclic amines) is 1. The van der Waals surface area contributed by atoms with Crippen molar-refractivity contribution in [1.29, 1.82) is 0 Å². The van der Waals surface area contributed by atoms with Crippen LogP contribution >= 0.6 is 0 Å². The summed E-state index contributed by atoms with van der Waals surface area (Å²) in [6.45, 7) is 0.663.